The van der Waals surface area contributed by atoms with E-state index in [1.807, 2.05) is 43.3 Å². The van der Waals surface area contributed by atoms with Gasteiger partial charge in [-0.3, -0.25) is 9.59 Å². The van der Waals surface area contributed by atoms with Crippen molar-refractivity contribution < 1.29 is 9.59 Å². The van der Waals surface area contributed by atoms with E-state index in [2.05, 4.69) is 5.10 Å². The highest BCUT2D eigenvalue weighted by Gasteiger charge is 2.29. The number of hydrogen-bond acceptors (Lipinski definition) is 5. The summed E-state index contributed by atoms with van der Waals surface area (Å²) in [5, 5.41) is 4.49. The van der Waals surface area contributed by atoms with Crippen LogP contribution in [0.15, 0.2) is 29.4 Å². The highest BCUT2D eigenvalue weighted by Crippen LogP contribution is 2.19. The molecule has 1 heterocycles. The number of imide groups is 1. The van der Waals surface area contributed by atoms with Gasteiger partial charge in [0.25, 0.3) is 5.91 Å². The third kappa shape index (κ3) is 2.70. The van der Waals surface area contributed by atoms with Gasteiger partial charge in [0.2, 0.25) is 0 Å². The SMILES string of the molecule is CN(C)c1ccc(C=NN2C(=O)CSC2=O)cc1. The van der Waals surface area contributed by atoms with Crippen molar-refractivity contribution in [1.29, 1.82) is 0 Å². The van der Waals surface area contributed by atoms with Crippen LogP contribution < -0.4 is 4.90 Å². The van der Waals surface area contributed by atoms with Gasteiger partial charge in [0.15, 0.2) is 0 Å². The summed E-state index contributed by atoms with van der Waals surface area (Å²) in [5.74, 6) is -0.0957. The Hall–Kier alpha value is -1.82. The maximum Gasteiger partial charge on any atom is 0.309 e. The third-order valence-electron chi connectivity index (χ3n) is 2.46. The maximum absolute atomic E-state index is 11.3. The fourth-order valence-electron chi connectivity index (χ4n) is 1.44. The zero-order chi connectivity index (χ0) is 13.1. The molecule has 0 saturated carbocycles. The first kappa shape index (κ1) is 12.6. The van der Waals surface area contributed by atoms with Crippen LogP contribution in [-0.2, 0) is 4.79 Å². The lowest BCUT2D eigenvalue weighted by atomic mass is 10.2. The standard InChI is InChI=1S/C12H13N3O2S/c1-14(2)10-5-3-9(4-6-10)7-13-15-11(16)8-18-12(15)17/h3-7H,8H2,1-2H3. The van der Waals surface area contributed by atoms with Crippen LogP contribution >= 0.6 is 11.8 Å². The number of benzene rings is 1. The molecule has 6 heteroatoms. The molecule has 0 bridgehead atoms. The number of thioether (sulfide) groups is 1. The lowest BCUT2D eigenvalue weighted by molar-refractivity contribution is -0.124. The van der Waals surface area contributed by atoms with Gasteiger partial charge < -0.3 is 4.90 Å². The number of nitrogens with zero attached hydrogens (tertiary/aromatic N) is 3. The molecule has 0 N–H and O–H groups in total. The Balaban J connectivity index is 2.09. The average molecular weight is 263 g/mol. The monoisotopic (exact) mass is 263 g/mol. The summed E-state index contributed by atoms with van der Waals surface area (Å²) in [6, 6.07) is 7.67. The van der Waals surface area contributed by atoms with Gasteiger partial charge in [0.05, 0.1) is 12.0 Å². The summed E-state index contributed by atoms with van der Waals surface area (Å²) in [5.41, 5.74) is 1.93. The van der Waals surface area contributed by atoms with Gasteiger partial charge in [-0.15, -0.1) is 0 Å². The number of carbonyl (C=O) groups is 2. The number of hydrazone groups is 1. The van der Waals surface area contributed by atoms with Crippen LogP contribution in [0, 0.1) is 0 Å². The molecule has 0 aliphatic carbocycles. The number of carbonyl (C=O) groups excluding carboxylic acids is 2. The molecule has 1 aromatic rings. The lowest BCUT2D eigenvalue weighted by Gasteiger charge is -2.11. The molecular weight excluding hydrogens is 250 g/mol. The highest BCUT2D eigenvalue weighted by atomic mass is 32.2. The predicted molar refractivity (Wildman–Crippen MR) is 73.1 cm³/mol. The van der Waals surface area contributed by atoms with Crippen LogP contribution in [-0.4, -0.2) is 42.2 Å². The fraction of sp³-hybridized carbons (Fsp3) is 0.250. The molecule has 0 aromatic heterocycles. The highest BCUT2D eigenvalue weighted by molar-refractivity contribution is 8.14. The predicted octanol–water partition coefficient (Wildman–Crippen LogP) is 1.78. The van der Waals surface area contributed by atoms with E-state index in [0.717, 1.165) is 28.0 Å². The molecule has 1 aliphatic rings. The van der Waals surface area contributed by atoms with Crippen LogP contribution in [0.1, 0.15) is 5.56 Å². The minimum absolute atomic E-state index is 0.176. The van der Waals surface area contributed by atoms with E-state index in [0.29, 0.717) is 0 Å². The molecule has 1 saturated heterocycles. The third-order valence-corrected chi connectivity index (χ3v) is 3.27. The minimum atomic E-state index is -0.318. The van der Waals surface area contributed by atoms with Crippen LogP contribution in [0.5, 0.6) is 0 Å². The average Bonchev–Trinajstić information content (AvgIpc) is 2.67. The van der Waals surface area contributed by atoms with Crippen molar-refractivity contribution in [3.8, 4) is 0 Å². The van der Waals surface area contributed by atoms with E-state index >= 15 is 0 Å². The van der Waals surface area contributed by atoms with E-state index in [-0.39, 0.29) is 16.9 Å². The molecule has 2 amide bonds. The second kappa shape index (κ2) is 5.22. The van der Waals surface area contributed by atoms with Gasteiger partial charge in [-0.1, -0.05) is 23.9 Å². The zero-order valence-corrected chi connectivity index (χ0v) is 11.0. The Morgan fingerprint density at radius 2 is 1.94 bits per heavy atom. The van der Waals surface area contributed by atoms with Crippen molar-refractivity contribution in [1.82, 2.24) is 5.01 Å². The molecule has 1 aromatic carbocycles. The van der Waals surface area contributed by atoms with E-state index in [9.17, 15) is 9.59 Å². The lowest BCUT2D eigenvalue weighted by Crippen LogP contribution is -2.22. The second-order valence-electron chi connectivity index (χ2n) is 3.99. The number of amides is 2. The summed E-state index contributed by atoms with van der Waals surface area (Å²) in [6.07, 6.45) is 1.52. The van der Waals surface area contributed by atoms with Crippen molar-refractivity contribution in [3.63, 3.8) is 0 Å². The Kier molecular flexibility index (Phi) is 3.66. The van der Waals surface area contributed by atoms with Crippen LogP contribution in [0.3, 0.4) is 0 Å². The van der Waals surface area contributed by atoms with Gasteiger partial charge in [-0.05, 0) is 17.7 Å². The first-order valence-electron chi connectivity index (χ1n) is 5.39. The summed E-state index contributed by atoms with van der Waals surface area (Å²) in [7, 11) is 3.92. The largest absolute Gasteiger partial charge is 0.378 e. The van der Waals surface area contributed by atoms with Gasteiger partial charge in [0, 0.05) is 19.8 Å². The van der Waals surface area contributed by atoms with Gasteiger partial charge >= 0.3 is 5.24 Å². The van der Waals surface area contributed by atoms with Crippen molar-refractivity contribution >= 4 is 34.8 Å². The normalized spacial score (nSPS) is 15.8. The van der Waals surface area contributed by atoms with Crippen LogP contribution in [0.4, 0.5) is 10.5 Å². The molecule has 94 valence electrons. The Bertz CT molecular complexity index is 481. The molecule has 0 atom stereocenters. The van der Waals surface area contributed by atoms with Crippen LogP contribution in [0.25, 0.3) is 0 Å². The fourth-order valence-corrected chi connectivity index (χ4v) is 2.08. The minimum Gasteiger partial charge on any atom is -0.378 e. The Morgan fingerprint density at radius 1 is 1.28 bits per heavy atom. The molecule has 18 heavy (non-hydrogen) atoms. The van der Waals surface area contributed by atoms with Gasteiger partial charge in [0.1, 0.15) is 0 Å². The molecule has 1 aliphatic heterocycles. The molecule has 0 spiro atoms. The molecular formula is C12H13N3O2S. The second-order valence-corrected chi connectivity index (χ2v) is 4.92. The van der Waals surface area contributed by atoms with E-state index in [1.54, 1.807) is 0 Å². The Labute approximate surface area is 109 Å². The van der Waals surface area contributed by atoms with Crippen molar-refractivity contribution in [2.45, 2.75) is 0 Å². The summed E-state index contributed by atoms with van der Waals surface area (Å²) >= 11 is 0.972. The first-order valence-corrected chi connectivity index (χ1v) is 6.37. The molecule has 0 unspecified atom stereocenters. The maximum atomic E-state index is 11.3. The molecule has 1 fully saturated rings. The molecule has 0 radical (unpaired) electrons. The summed E-state index contributed by atoms with van der Waals surface area (Å²) in [6.45, 7) is 0. The zero-order valence-electron chi connectivity index (χ0n) is 10.2. The van der Waals surface area contributed by atoms with Crippen molar-refractivity contribution in [2.75, 3.05) is 24.7 Å². The van der Waals surface area contributed by atoms with Gasteiger partial charge in [-0.2, -0.15) is 10.1 Å². The number of rotatable bonds is 3. The van der Waals surface area contributed by atoms with E-state index in [4.69, 9.17) is 0 Å². The van der Waals surface area contributed by atoms with Crippen LogP contribution in [0.2, 0.25) is 0 Å². The van der Waals surface area contributed by atoms with Crippen molar-refractivity contribution in [3.05, 3.63) is 29.8 Å². The molecule has 2 rings (SSSR count). The topological polar surface area (TPSA) is 53.0 Å². The quantitative estimate of drug-likeness (QED) is 0.780. The van der Waals surface area contributed by atoms with Gasteiger partial charge in [-0.25, -0.2) is 0 Å². The molecule has 5 nitrogen and oxygen atoms in total. The van der Waals surface area contributed by atoms with E-state index < -0.39 is 0 Å². The first-order chi connectivity index (χ1) is 8.58. The number of anilines is 1. The van der Waals surface area contributed by atoms with Crippen molar-refractivity contribution in [2.24, 2.45) is 5.10 Å². The Morgan fingerprint density at radius 3 is 2.44 bits per heavy atom. The number of hydrogen-bond donors (Lipinski definition) is 0. The summed E-state index contributed by atoms with van der Waals surface area (Å²) in [4.78, 5) is 24.6. The summed E-state index contributed by atoms with van der Waals surface area (Å²) < 4.78 is 0. The smallest absolute Gasteiger partial charge is 0.309 e. The van der Waals surface area contributed by atoms with E-state index in [1.165, 1.54) is 6.21 Å².